The molecule has 0 aliphatic heterocycles. The van der Waals surface area contributed by atoms with Crippen molar-refractivity contribution in [3.8, 4) is 22.6 Å². The van der Waals surface area contributed by atoms with E-state index in [4.69, 9.17) is 14.2 Å². The van der Waals surface area contributed by atoms with Crippen LogP contribution >= 0.6 is 0 Å². The summed E-state index contributed by atoms with van der Waals surface area (Å²) >= 11 is 0. The molecule has 0 spiro atoms. The predicted molar refractivity (Wildman–Crippen MR) is 144 cm³/mol. The Kier molecular flexibility index (Phi) is 10.5. The Balaban J connectivity index is 0.00000222. The molecule has 0 saturated carbocycles. The van der Waals surface area contributed by atoms with Crippen molar-refractivity contribution >= 4 is 5.97 Å². The first-order valence-corrected chi connectivity index (χ1v) is 12.4. The molecule has 0 N–H and O–H groups in total. The fourth-order valence-corrected chi connectivity index (χ4v) is 3.90. The third-order valence-corrected chi connectivity index (χ3v) is 5.84. The molecular formula is C31H39FO4. The van der Waals surface area contributed by atoms with Gasteiger partial charge in [-0.15, -0.1) is 0 Å². The highest BCUT2D eigenvalue weighted by Gasteiger charge is 2.23. The molecule has 0 aliphatic rings. The van der Waals surface area contributed by atoms with Gasteiger partial charge in [-0.1, -0.05) is 65.0 Å². The Morgan fingerprint density at radius 2 is 1.64 bits per heavy atom. The molecule has 3 aromatic carbocycles. The summed E-state index contributed by atoms with van der Waals surface area (Å²) in [5, 5.41) is 0. The minimum atomic E-state index is -0.285. The molecule has 3 rings (SSSR count). The van der Waals surface area contributed by atoms with E-state index in [0.717, 1.165) is 28.0 Å². The molecule has 0 saturated heterocycles. The number of carbonyl (C=O) groups excluding carboxylic acids is 1. The van der Waals surface area contributed by atoms with Crippen LogP contribution in [0.4, 0.5) is 4.39 Å². The maximum absolute atomic E-state index is 14.8. The molecule has 0 heterocycles. The third-order valence-electron chi connectivity index (χ3n) is 5.84. The molecule has 1 unspecified atom stereocenters. The SMILES string of the molecule is CC.COC(=O)CCc1cccc(OC(C)c2ccc(-c3cc(OC)ccc3F)c(C(C)(C)C)c2)c1. The molecule has 194 valence electrons. The number of ether oxygens (including phenoxy) is 3. The fraction of sp³-hybridized carbons (Fsp3) is 0.387. The molecule has 4 nitrogen and oxygen atoms in total. The molecule has 0 bridgehead atoms. The second kappa shape index (κ2) is 13.1. The van der Waals surface area contributed by atoms with E-state index >= 15 is 0 Å². The van der Waals surface area contributed by atoms with E-state index in [0.29, 0.717) is 24.2 Å². The van der Waals surface area contributed by atoms with Gasteiger partial charge in [0.05, 0.1) is 14.2 Å². The van der Waals surface area contributed by atoms with Gasteiger partial charge in [0.15, 0.2) is 0 Å². The van der Waals surface area contributed by atoms with E-state index in [1.165, 1.54) is 13.2 Å². The second-order valence-electron chi connectivity index (χ2n) is 9.38. The summed E-state index contributed by atoms with van der Waals surface area (Å²) in [5.41, 5.74) is 4.17. The van der Waals surface area contributed by atoms with Gasteiger partial charge >= 0.3 is 5.97 Å². The fourth-order valence-electron chi connectivity index (χ4n) is 3.90. The molecule has 1 atom stereocenters. The van der Waals surface area contributed by atoms with Gasteiger partial charge in [0, 0.05) is 12.0 Å². The van der Waals surface area contributed by atoms with Crippen molar-refractivity contribution in [1.29, 1.82) is 0 Å². The summed E-state index contributed by atoms with van der Waals surface area (Å²) in [6, 6.07) is 18.6. The monoisotopic (exact) mass is 494 g/mol. The maximum Gasteiger partial charge on any atom is 0.305 e. The second-order valence-corrected chi connectivity index (χ2v) is 9.38. The largest absolute Gasteiger partial charge is 0.497 e. The summed E-state index contributed by atoms with van der Waals surface area (Å²) in [4.78, 5) is 11.4. The molecule has 3 aromatic rings. The highest BCUT2D eigenvalue weighted by Crippen LogP contribution is 2.38. The molecule has 0 fully saturated rings. The molecule has 0 aromatic heterocycles. The molecule has 0 aliphatic carbocycles. The minimum Gasteiger partial charge on any atom is -0.497 e. The number of halogens is 1. The van der Waals surface area contributed by atoms with Crippen molar-refractivity contribution in [2.75, 3.05) is 14.2 Å². The quantitative estimate of drug-likeness (QED) is 0.297. The average molecular weight is 495 g/mol. The topological polar surface area (TPSA) is 44.8 Å². The van der Waals surface area contributed by atoms with Gasteiger partial charge in [0.1, 0.15) is 23.4 Å². The summed E-state index contributed by atoms with van der Waals surface area (Å²) in [6.07, 6.45) is 0.695. The van der Waals surface area contributed by atoms with Gasteiger partial charge in [0.25, 0.3) is 0 Å². The lowest BCUT2D eigenvalue weighted by Gasteiger charge is -2.26. The van der Waals surface area contributed by atoms with Crippen LogP contribution in [0.25, 0.3) is 11.1 Å². The van der Waals surface area contributed by atoms with E-state index in [2.05, 4.69) is 26.8 Å². The van der Waals surface area contributed by atoms with Crippen LogP contribution in [0.3, 0.4) is 0 Å². The van der Waals surface area contributed by atoms with E-state index in [9.17, 15) is 9.18 Å². The number of carbonyl (C=O) groups is 1. The first kappa shape index (κ1) is 28.9. The van der Waals surface area contributed by atoms with Crippen LogP contribution in [0.5, 0.6) is 11.5 Å². The number of rotatable bonds is 8. The van der Waals surface area contributed by atoms with E-state index < -0.39 is 0 Å². The number of hydrogen-bond donors (Lipinski definition) is 0. The van der Waals surface area contributed by atoms with Gasteiger partial charge in [-0.25, -0.2) is 4.39 Å². The highest BCUT2D eigenvalue weighted by molar-refractivity contribution is 5.71. The standard InChI is InChI=1S/C29H33FO4.C2H6/c1-19(34-23-9-7-8-20(16-23)10-15-28(31)33-6)21-11-13-24(26(17-21)29(2,3)4)25-18-22(32-5)12-14-27(25)30;1-2/h7-9,11-14,16-19H,10,15H2,1-6H3;1-2H3. The Morgan fingerprint density at radius 3 is 2.28 bits per heavy atom. The zero-order valence-electron chi connectivity index (χ0n) is 22.8. The Labute approximate surface area is 215 Å². The van der Waals surface area contributed by atoms with Crippen LogP contribution in [0, 0.1) is 5.82 Å². The van der Waals surface area contributed by atoms with E-state index in [1.54, 1.807) is 19.2 Å². The highest BCUT2D eigenvalue weighted by atomic mass is 19.1. The average Bonchev–Trinajstić information content (AvgIpc) is 2.88. The van der Waals surface area contributed by atoms with Crippen molar-refractivity contribution in [3.63, 3.8) is 0 Å². The number of benzene rings is 3. The summed E-state index contributed by atoms with van der Waals surface area (Å²) < 4.78 is 31.1. The van der Waals surface area contributed by atoms with Gasteiger partial charge in [-0.3, -0.25) is 4.79 Å². The normalized spacial score (nSPS) is 11.7. The zero-order chi connectivity index (χ0) is 26.9. The van der Waals surface area contributed by atoms with Crippen LogP contribution < -0.4 is 9.47 Å². The summed E-state index contributed by atoms with van der Waals surface area (Å²) in [7, 11) is 2.97. The van der Waals surface area contributed by atoms with E-state index in [1.807, 2.05) is 57.2 Å². The predicted octanol–water partition coefficient (Wildman–Crippen LogP) is 8.07. The molecule has 0 amide bonds. The molecule has 36 heavy (non-hydrogen) atoms. The lowest BCUT2D eigenvalue weighted by atomic mass is 9.80. The van der Waals surface area contributed by atoms with Crippen LogP contribution in [0.1, 0.15) is 70.8 Å². The molecule has 0 radical (unpaired) electrons. The van der Waals surface area contributed by atoms with Crippen LogP contribution in [0.15, 0.2) is 60.7 Å². The van der Waals surface area contributed by atoms with Crippen molar-refractivity contribution in [2.24, 2.45) is 0 Å². The Bertz CT molecular complexity index is 1150. The molecular weight excluding hydrogens is 455 g/mol. The van der Waals surface area contributed by atoms with Crippen LogP contribution in [-0.2, 0) is 21.4 Å². The first-order chi connectivity index (χ1) is 17.1. The zero-order valence-corrected chi connectivity index (χ0v) is 22.8. The van der Waals surface area contributed by atoms with Crippen molar-refractivity contribution in [2.45, 2.75) is 65.9 Å². The smallest absolute Gasteiger partial charge is 0.305 e. The number of hydrogen-bond acceptors (Lipinski definition) is 4. The van der Waals surface area contributed by atoms with Crippen LogP contribution in [0.2, 0.25) is 0 Å². The number of esters is 1. The third kappa shape index (κ3) is 7.58. The summed E-state index contributed by atoms with van der Waals surface area (Å²) in [6.45, 7) is 12.3. The first-order valence-electron chi connectivity index (χ1n) is 12.4. The van der Waals surface area contributed by atoms with Gasteiger partial charge in [-0.05, 0) is 71.3 Å². The lowest BCUT2D eigenvalue weighted by Crippen LogP contribution is -2.15. The molecule has 5 heteroatoms. The Morgan fingerprint density at radius 1 is 0.917 bits per heavy atom. The van der Waals surface area contributed by atoms with Gasteiger partial charge < -0.3 is 14.2 Å². The number of aryl methyl sites for hydroxylation is 1. The van der Waals surface area contributed by atoms with Crippen molar-refractivity contribution in [3.05, 3.63) is 83.2 Å². The summed E-state index contributed by atoms with van der Waals surface area (Å²) in [5.74, 6) is 0.827. The lowest BCUT2D eigenvalue weighted by molar-refractivity contribution is -0.140. The number of methoxy groups -OCH3 is 2. The maximum atomic E-state index is 14.8. The van der Waals surface area contributed by atoms with E-state index in [-0.39, 0.29) is 23.3 Å². The van der Waals surface area contributed by atoms with Crippen LogP contribution in [-0.4, -0.2) is 20.2 Å². The van der Waals surface area contributed by atoms with Gasteiger partial charge in [0.2, 0.25) is 0 Å². The minimum absolute atomic E-state index is 0.214. The Hall–Kier alpha value is -3.34. The van der Waals surface area contributed by atoms with Crippen molar-refractivity contribution < 1.29 is 23.4 Å². The van der Waals surface area contributed by atoms with Crippen molar-refractivity contribution in [1.82, 2.24) is 0 Å². The van der Waals surface area contributed by atoms with Gasteiger partial charge in [-0.2, -0.15) is 0 Å².